The van der Waals surface area contributed by atoms with Gasteiger partial charge in [-0.05, 0) is 25.8 Å². The fourth-order valence-electron chi connectivity index (χ4n) is 2.39. The lowest BCUT2D eigenvalue weighted by Gasteiger charge is -2.12. The number of alkyl halides is 3. The molecule has 3 aromatic rings. The van der Waals surface area contributed by atoms with Gasteiger partial charge >= 0.3 is 6.18 Å². The maximum atomic E-state index is 13.0. The largest absolute Gasteiger partial charge is 0.453 e. The minimum Gasteiger partial charge on any atom is -0.368 e. The minimum atomic E-state index is -4.61. The summed E-state index contributed by atoms with van der Waals surface area (Å²) in [4.78, 5) is 5.54. The zero-order valence-electron chi connectivity index (χ0n) is 14.0. The highest BCUT2D eigenvalue weighted by molar-refractivity contribution is 7.11. The number of thiazole rings is 1. The number of nitrogens with zero attached hydrogens (tertiary/aromatic N) is 5. The van der Waals surface area contributed by atoms with Gasteiger partial charge in [-0.2, -0.15) is 17.7 Å². The molecule has 1 N–H and O–H groups in total. The number of halogens is 3. The van der Waals surface area contributed by atoms with E-state index in [1.54, 1.807) is 25.2 Å². The molecule has 0 atom stereocenters. The molecule has 0 saturated heterocycles. The normalized spacial score (nSPS) is 12.1. The average Bonchev–Trinajstić information content (AvgIpc) is 3.18. The predicted molar refractivity (Wildman–Crippen MR) is 88.9 cm³/mol. The highest BCUT2D eigenvalue weighted by Gasteiger charge is 2.38. The van der Waals surface area contributed by atoms with Crippen LogP contribution in [0.1, 0.15) is 33.8 Å². The number of nitrogens with one attached hydrogen (secondary N) is 1. The third-order valence-electron chi connectivity index (χ3n) is 3.93. The van der Waals surface area contributed by atoms with Crippen LogP contribution in [-0.4, -0.2) is 31.3 Å². The second-order valence-corrected chi connectivity index (χ2v) is 6.81. The van der Waals surface area contributed by atoms with Crippen LogP contribution in [0.15, 0.2) is 6.20 Å². The zero-order chi connectivity index (χ0) is 18.2. The van der Waals surface area contributed by atoms with Crippen molar-refractivity contribution >= 4 is 22.8 Å². The van der Waals surface area contributed by atoms with Gasteiger partial charge in [0, 0.05) is 29.6 Å². The van der Waals surface area contributed by atoms with Crippen molar-refractivity contribution in [1.29, 1.82) is 0 Å². The molecule has 0 unspecified atom stereocenters. The Kier molecular flexibility index (Phi) is 4.63. The number of aryl methyl sites for hydroxylation is 2. The van der Waals surface area contributed by atoms with Crippen LogP contribution >= 0.6 is 11.3 Å². The molecular weight excluding hydrogens is 353 g/mol. The summed E-state index contributed by atoms with van der Waals surface area (Å²) in [5, 5.41) is 15.0. The van der Waals surface area contributed by atoms with Crippen LogP contribution in [0.5, 0.6) is 0 Å². The average molecular weight is 370 g/mol. The van der Waals surface area contributed by atoms with Gasteiger partial charge in [-0.15, -0.1) is 26.6 Å². The fraction of sp³-hybridized carbons (Fsp3) is 0.467. The summed E-state index contributed by atoms with van der Waals surface area (Å²) in [6.45, 7) is 6.10. The predicted octanol–water partition coefficient (Wildman–Crippen LogP) is 3.43. The van der Waals surface area contributed by atoms with E-state index in [1.165, 1.54) is 4.88 Å². The van der Waals surface area contributed by atoms with Crippen molar-refractivity contribution < 1.29 is 13.2 Å². The van der Waals surface area contributed by atoms with Crippen LogP contribution in [0.2, 0.25) is 0 Å². The van der Waals surface area contributed by atoms with Crippen molar-refractivity contribution in [3.63, 3.8) is 0 Å². The Morgan fingerprint density at radius 1 is 1.20 bits per heavy atom. The summed E-state index contributed by atoms with van der Waals surface area (Å²) in [7, 11) is 0. The first kappa shape index (κ1) is 17.6. The Bertz CT molecular complexity index is 899. The van der Waals surface area contributed by atoms with Gasteiger partial charge in [0.05, 0.1) is 5.01 Å². The summed E-state index contributed by atoms with van der Waals surface area (Å²) < 4.78 is 39.9. The molecule has 0 aliphatic carbocycles. The van der Waals surface area contributed by atoms with E-state index in [-0.39, 0.29) is 5.65 Å². The van der Waals surface area contributed by atoms with E-state index in [4.69, 9.17) is 0 Å². The molecule has 0 aromatic carbocycles. The van der Waals surface area contributed by atoms with Gasteiger partial charge in [-0.25, -0.2) is 4.98 Å². The lowest BCUT2D eigenvalue weighted by molar-refractivity contribution is -0.146. The summed E-state index contributed by atoms with van der Waals surface area (Å²) in [6.07, 6.45) is -1.14. The van der Waals surface area contributed by atoms with Crippen molar-refractivity contribution in [3.05, 3.63) is 33.0 Å². The Morgan fingerprint density at radius 3 is 2.60 bits per heavy atom. The van der Waals surface area contributed by atoms with E-state index in [9.17, 15) is 13.2 Å². The van der Waals surface area contributed by atoms with Gasteiger partial charge in [-0.1, -0.05) is 6.92 Å². The van der Waals surface area contributed by atoms with Gasteiger partial charge in [0.15, 0.2) is 5.65 Å². The Labute approximate surface area is 146 Å². The molecule has 0 radical (unpaired) electrons. The molecule has 0 fully saturated rings. The highest BCUT2D eigenvalue weighted by Crippen LogP contribution is 2.29. The molecule has 0 aliphatic heterocycles. The molecule has 0 amide bonds. The SMILES string of the molecule is CCc1cnc(CCNc2nn3c(C(F)(F)F)nnc3c(C)c2C)s1. The summed E-state index contributed by atoms with van der Waals surface area (Å²) in [5.74, 6) is -0.733. The van der Waals surface area contributed by atoms with E-state index in [0.717, 1.165) is 21.5 Å². The first-order valence-electron chi connectivity index (χ1n) is 7.78. The van der Waals surface area contributed by atoms with E-state index >= 15 is 0 Å². The van der Waals surface area contributed by atoms with Crippen LogP contribution in [0.4, 0.5) is 19.0 Å². The Balaban J connectivity index is 1.84. The van der Waals surface area contributed by atoms with E-state index < -0.39 is 12.0 Å². The molecule has 6 nitrogen and oxygen atoms in total. The second-order valence-electron chi connectivity index (χ2n) is 5.61. The van der Waals surface area contributed by atoms with Crippen LogP contribution in [0, 0.1) is 13.8 Å². The van der Waals surface area contributed by atoms with Gasteiger partial charge < -0.3 is 5.32 Å². The lowest BCUT2D eigenvalue weighted by atomic mass is 10.2. The molecule has 3 aromatic heterocycles. The van der Waals surface area contributed by atoms with Gasteiger partial charge in [-0.3, -0.25) is 0 Å². The lowest BCUT2D eigenvalue weighted by Crippen LogP contribution is -2.16. The maximum Gasteiger partial charge on any atom is 0.453 e. The first-order chi connectivity index (χ1) is 11.8. The number of fused-ring (bicyclic) bond motifs is 1. The van der Waals surface area contributed by atoms with E-state index in [2.05, 4.69) is 32.5 Å². The molecule has 0 aliphatic rings. The van der Waals surface area contributed by atoms with Crippen molar-refractivity contribution in [2.24, 2.45) is 0 Å². The number of hydrogen-bond donors (Lipinski definition) is 1. The topological polar surface area (TPSA) is 68.0 Å². The molecule has 25 heavy (non-hydrogen) atoms. The third-order valence-corrected chi connectivity index (χ3v) is 5.13. The summed E-state index contributed by atoms with van der Waals surface area (Å²) in [5.41, 5.74) is 1.48. The zero-order valence-corrected chi connectivity index (χ0v) is 14.8. The number of rotatable bonds is 5. The number of anilines is 1. The van der Waals surface area contributed by atoms with Crippen LogP contribution < -0.4 is 5.32 Å². The van der Waals surface area contributed by atoms with Crippen molar-refractivity contribution in [2.75, 3.05) is 11.9 Å². The molecule has 0 bridgehead atoms. The second kappa shape index (κ2) is 6.58. The third kappa shape index (κ3) is 3.44. The Hall–Kier alpha value is -2.23. The monoisotopic (exact) mass is 370 g/mol. The van der Waals surface area contributed by atoms with E-state index in [1.807, 2.05) is 6.20 Å². The maximum absolute atomic E-state index is 13.0. The number of aromatic nitrogens is 5. The van der Waals surface area contributed by atoms with Gasteiger partial charge in [0.1, 0.15) is 5.82 Å². The van der Waals surface area contributed by atoms with Crippen LogP contribution in [-0.2, 0) is 19.0 Å². The fourth-order valence-corrected chi connectivity index (χ4v) is 3.25. The quantitative estimate of drug-likeness (QED) is 0.745. The van der Waals surface area contributed by atoms with Gasteiger partial charge in [0.25, 0.3) is 5.82 Å². The smallest absolute Gasteiger partial charge is 0.368 e. The number of hydrogen-bond acceptors (Lipinski definition) is 6. The molecular formula is C15H17F3N6S. The molecule has 3 heterocycles. The molecule has 10 heteroatoms. The standard InChI is InChI=1S/C15H17F3N6S/c1-4-10-7-20-11(25-10)5-6-19-12-8(2)9(3)13-21-22-14(15(16,17)18)24(13)23-12/h7H,4-6H2,1-3H3,(H,19,23). The van der Waals surface area contributed by atoms with Crippen LogP contribution in [0.25, 0.3) is 5.65 Å². The minimum absolute atomic E-state index is 0.114. The summed E-state index contributed by atoms with van der Waals surface area (Å²) in [6, 6.07) is 0. The first-order valence-corrected chi connectivity index (χ1v) is 8.60. The molecule has 0 spiro atoms. The Morgan fingerprint density at radius 2 is 1.96 bits per heavy atom. The molecule has 0 saturated carbocycles. The highest BCUT2D eigenvalue weighted by atomic mass is 32.1. The van der Waals surface area contributed by atoms with Crippen molar-refractivity contribution in [2.45, 2.75) is 39.8 Å². The molecule has 134 valence electrons. The van der Waals surface area contributed by atoms with Crippen LogP contribution in [0.3, 0.4) is 0 Å². The van der Waals surface area contributed by atoms with Gasteiger partial charge in [0.2, 0.25) is 0 Å². The summed E-state index contributed by atoms with van der Waals surface area (Å²) >= 11 is 1.64. The van der Waals surface area contributed by atoms with E-state index in [0.29, 0.717) is 24.3 Å². The van der Waals surface area contributed by atoms with Crippen molar-refractivity contribution in [1.82, 2.24) is 24.8 Å². The molecule has 3 rings (SSSR count). The van der Waals surface area contributed by atoms with Crippen molar-refractivity contribution in [3.8, 4) is 0 Å².